The van der Waals surface area contributed by atoms with Crippen LogP contribution in [0.3, 0.4) is 0 Å². The molecular weight excluding hydrogens is 370 g/mol. The van der Waals surface area contributed by atoms with Gasteiger partial charge in [0.05, 0.1) is 11.8 Å². The summed E-state index contributed by atoms with van der Waals surface area (Å²) in [7, 11) is -3.44. The Balaban J connectivity index is 1.64. The van der Waals surface area contributed by atoms with Crippen molar-refractivity contribution in [2.45, 2.75) is 13.5 Å². The Bertz CT molecular complexity index is 1060. The molecule has 0 amide bonds. The topological polar surface area (TPSA) is 111 Å². The maximum absolute atomic E-state index is 12.2. The molecule has 1 heterocycles. The molecule has 1 N–H and O–H groups in total. The number of carbonyl (C=O) groups is 1. The lowest BCUT2D eigenvalue weighted by Crippen LogP contribution is -2.11. The van der Waals surface area contributed by atoms with E-state index >= 15 is 0 Å². The quantitative estimate of drug-likeness (QED) is 0.647. The molecule has 3 rings (SSSR count). The van der Waals surface area contributed by atoms with E-state index in [1.165, 1.54) is 18.2 Å². The summed E-state index contributed by atoms with van der Waals surface area (Å²) in [5, 5.41) is 3.79. The molecule has 0 radical (unpaired) electrons. The number of anilines is 1. The molecule has 0 aliphatic carbocycles. The van der Waals surface area contributed by atoms with E-state index in [1.54, 1.807) is 6.07 Å². The number of nitrogens with one attached hydrogen (secondary N) is 1. The van der Waals surface area contributed by atoms with Crippen LogP contribution in [-0.2, 0) is 21.4 Å². The molecule has 0 saturated heterocycles. The van der Waals surface area contributed by atoms with Crippen molar-refractivity contribution in [1.29, 1.82) is 0 Å². The Morgan fingerprint density at radius 1 is 1.19 bits per heavy atom. The lowest BCUT2D eigenvalue weighted by Gasteiger charge is -2.06. The normalized spacial score (nSPS) is 11.2. The second kappa shape index (κ2) is 7.58. The van der Waals surface area contributed by atoms with Crippen molar-refractivity contribution in [3.8, 4) is 11.5 Å². The maximum atomic E-state index is 12.2. The summed E-state index contributed by atoms with van der Waals surface area (Å²) >= 11 is 0. The van der Waals surface area contributed by atoms with Gasteiger partial charge >= 0.3 is 5.97 Å². The Hall–Kier alpha value is -3.20. The molecule has 27 heavy (non-hydrogen) atoms. The van der Waals surface area contributed by atoms with Gasteiger partial charge in [-0.05, 0) is 37.3 Å². The van der Waals surface area contributed by atoms with Crippen LogP contribution >= 0.6 is 0 Å². The molecule has 1 aromatic heterocycles. The van der Waals surface area contributed by atoms with Gasteiger partial charge in [0.2, 0.25) is 15.8 Å². The number of carbonyl (C=O) groups excluding carboxylic acids is 1. The lowest BCUT2D eigenvalue weighted by atomic mass is 10.1. The molecule has 0 aliphatic heterocycles. The standard InChI is InChI=1S/C18H17N3O5S/c1-12-6-8-13(9-7-12)17-19-16(20-26-17)11-25-18(22)14-4-3-5-15(10-14)21-27(2,23)24/h3-10,21H,11H2,1-2H3. The number of sulfonamides is 1. The predicted molar refractivity (Wildman–Crippen MR) is 98.5 cm³/mol. The van der Waals surface area contributed by atoms with Gasteiger partial charge in [0, 0.05) is 11.3 Å². The molecule has 0 fully saturated rings. The number of aromatic nitrogens is 2. The fraction of sp³-hybridized carbons (Fsp3) is 0.167. The van der Waals surface area contributed by atoms with Crippen molar-refractivity contribution in [3.05, 3.63) is 65.5 Å². The Kier molecular flexibility index (Phi) is 5.22. The molecule has 0 unspecified atom stereocenters. The summed E-state index contributed by atoms with van der Waals surface area (Å²) in [4.78, 5) is 16.4. The summed E-state index contributed by atoms with van der Waals surface area (Å²) < 4.78 is 35.2. The van der Waals surface area contributed by atoms with Gasteiger partial charge in [-0.3, -0.25) is 4.72 Å². The Morgan fingerprint density at radius 3 is 2.63 bits per heavy atom. The molecule has 140 valence electrons. The zero-order valence-electron chi connectivity index (χ0n) is 14.7. The van der Waals surface area contributed by atoms with Gasteiger partial charge in [-0.25, -0.2) is 13.2 Å². The molecule has 0 aliphatic rings. The van der Waals surface area contributed by atoms with E-state index in [0.717, 1.165) is 17.4 Å². The third-order valence-electron chi connectivity index (χ3n) is 3.50. The summed E-state index contributed by atoms with van der Waals surface area (Å²) in [6.07, 6.45) is 1.03. The number of nitrogens with zero attached hydrogens (tertiary/aromatic N) is 2. The Labute approximate surface area is 156 Å². The first kappa shape index (κ1) is 18.6. The second-order valence-corrected chi connectivity index (χ2v) is 7.66. The molecule has 0 atom stereocenters. The third-order valence-corrected chi connectivity index (χ3v) is 4.11. The number of hydrogen-bond acceptors (Lipinski definition) is 7. The number of aryl methyl sites for hydroxylation is 1. The van der Waals surface area contributed by atoms with Crippen LogP contribution in [0.4, 0.5) is 5.69 Å². The van der Waals surface area contributed by atoms with E-state index < -0.39 is 16.0 Å². The molecule has 0 saturated carbocycles. The minimum Gasteiger partial charge on any atom is -0.454 e. The first-order valence-electron chi connectivity index (χ1n) is 7.95. The van der Waals surface area contributed by atoms with Gasteiger partial charge in [-0.2, -0.15) is 4.98 Å². The van der Waals surface area contributed by atoms with Gasteiger partial charge in [0.25, 0.3) is 5.89 Å². The van der Waals surface area contributed by atoms with Crippen molar-refractivity contribution in [2.24, 2.45) is 0 Å². The highest BCUT2D eigenvalue weighted by Crippen LogP contribution is 2.18. The molecule has 0 bridgehead atoms. The highest BCUT2D eigenvalue weighted by molar-refractivity contribution is 7.92. The van der Waals surface area contributed by atoms with Gasteiger partial charge in [0.1, 0.15) is 0 Å². The van der Waals surface area contributed by atoms with Crippen molar-refractivity contribution in [2.75, 3.05) is 11.0 Å². The van der Waals surface area contributed by atoms with Crippen LogP contribution in [0.1, 0.15) is 21.7 Å². The van der Waals surface area contributed by atoms with Crippen molar-refractivity contribution in [1.82, 2.24) is 10.1 Å². The lowest BCUT2D eigenvalue weighted by molar-refractivity contribution is 0.0459. The molecule has 2 aromatic carbocycles. The van der Waals surface area contributed by atoms with Crippen LogP contribution in [0, 0.1) is 6.92 Å². The highest BCUT2D eigenvalue weighted by atomic mass is 32.2. The number of benzene rings is 2. The summed E-state index contributed by atoms with van der Waals surface area (Å²) in [6, 6.07) is 13.6. The average Bonchev–Trinajstić information content (AvgIpc) is 3.08. The first-order chi connectivity index (χ1) is 12.8. The van der Waals surface area contributed by atoms with E-state index in [2.05, 4.69) is 14.9 Å². The van der Waals surface area contributed by atoms with Crippen LogP contribution in [0.5, 0.6) is 0 Å². The van der Waals surface area contributed by atoms with E-state index in [1.807, 2.05) is 31.2 Å². The largest absolute Gasteiger partial charge is 0.454 e. The monoisotopic (exact) mass is 387 g/mol. The number of esters is 1. The smallest absolute Gasteiger partial charge is 0.338 e. The minimum absolute atomic E-state index is 0.169. The van der Waals surface area contributed by atoms with Crippen molar-refractivity contribution >= 4 is 21.7 Å². The van der Waals surface area contributed by atoms with Crippen LogP contribution in [0.15, 0.2) is 53.1 Å². The van der Waals surface area contributed by atoms with E-state index in [9.17, 15) is 13.2 Å². The van der Waals surface area contributed by atoms with E-state index in [4.69, 9.17) is 9.26 Å². The third kappa shape index (κ3) is 5.14. The predicted octanol–water partition coefficient (Wildman–Crippen LogP) is 2.77. The van der Waals surface area contributed by atoms with Gasteiger partial charge in [-0.1, -0.05) is 28.9 Å². The molecule has 9 heteroatoms. The van der Waals surface area contributed by atoms with Crippen LogP contribution < -0.4 is 4.72 Å². The fourth-order valence-electron chi connectivity index (χ4n) is 2.26. The summed E-state index contributed by atoms with van der Waals surface area (Å²) in [5.74, 6) is -0.0708. The van der Waals surface area contributed by atoms with Crippen LogP contribution in [0.2, 0.25) is 0 Å². The zero-order valence-corrected chi connectivity index (χ0v) is 15.5. The molecular formula is C18H17N3O5S. The molecule has 8 nitrogen and oxygen atoms in total. The van der Waals surface area contributed by atoms with Crippen LogP contribution in [0.25, 0.3) is 11.5 Å². The van der Waals surface area contributed by atoms with Crippen LogP contribution in [-0.4, -0.2) is 30.8 Å². The SMILES string of the molecule is Cc1ccc(-c2nc(COC(=O)c3cccc(NS(C)(=O)=O)c3)no2)cc1. The summed E-state index contributed by atoms with van der Waals surface area (Å²) in [6.45, 7) is 1.81. The van der Waals surface area contributed by atoms with Crippen molar-refractivity contribution < 1.29 is 22.5 Å². The molecule has 3 aromatic rings. The van der Waals surface area contributed by atoms with Crippen molar-refractivity contribution in [3.63, 3.8) is 0 Å². The average molecular weight is 387 g/mol. The first-order valence-corrected chi connectivity index (χ1v) is 9.84. The molecule has 0 spiro atoms. The zero-order chi connectivity index (χ0) is 19.4. The minimum atomic E-state index is -3.44. The van der Waals surface area contributed by atoms with Gasteiger partial charge in [-0.15, -0.1) is 0 Å². The number of rotatable bonds is 6. The van der Waals surface area contributed by atoms with Gasteiger partial charge in [0.15, 0.2) is 6.61 Å². The number of hydrogen-bond donors (Lipinski definition) is 1. The summed E-state index contributed by atoms with van der Waals surface area (Å²) in [5.41, 5.74) is 2.35. The maximum Gasteiger partial charge on any atom is 0.338 e. The van der Waals surface area contributed by atoms with Gasteiger partial charge < -0.3 is 9.26 Å². The second-order valence-electron chi connectivity index (χ2n) is 5.91. The Morgan fingerprint density at radius 2 is 1.93 bits per heavy atom. The van der Waals surface area contributed by atoms with E-state index in [-0.39, 0.29) is 23.7 Å². The number of ether oxygens (including phenoxy) is 1. The van der Waals surface area contributed by atoms with E-state index in [0.29, 0.717) is 5.89 Å². The fourth-order valence-corrected chi connectivity index (χ4v) is 2.82. The highest BCUT2D eigenvalue weighted by Gasteiger charge is 2.13.